The van der Waals surface area contributed by atoms with E-state index in [2.05, 4.69) is 10.6 Å². The van der Waals surface area contributed by atoms with Crippen molar-refractivity contribution in [3.8, 4) is 0 Å². The molecule has 2 aliphatic rings. The summed E-state index contributed by atoms with van der Waals surface area (Å²) >= 11 is 0. The van der Waals surface area contributed by atoms with E-state index in [0.717, 1.165) is 11.6 Å². The maximum absolute atomic E-state index is 13.7. The molecule has 1 fully saturated rings. The molecule has 1 atom stereocenters. The number of amides is 3. The van der Waals surface area contributed by atoms with Gasteiger partial charge in [0.25, 0.3) is 0 Å². The lowest BCUT2D eigenvalue weighted by atomic mass is 10.0. The fourth-order valence-electron chi connectivity index (χ4n) is 3.75. The number of carbonyl (C=O) groups excluding carboxylic acids is 3. The van der Waals surface area contributed by atoms with E-state index in [1.165, 1.54) is 4.90 Å². The molecule has 2 N–H and O–H groups in total. The zero-order valence-electron chi connectivity index (χ0n) is 15.8. The Morgan fingerprint density at radius 1 is 1.10 bits per heavy atom. The van der Waals surface area contributed by atoms with Crippen LogP contribution >= 0.6 is 0 Å². The predicted molar refractivity (Wildman–Crippen MR) is 102 cm³/mol. The number of anilines is 2. The van der Waals surface area contributed by atoms with Crippen LogP contribution in [0.15, 0.2) is 30.3 Å². The highest BCUT2D eigenvalue weighted by molar-refractivity contribution is 6.09. The van der Waals surface area contributed by atoms with Gasteiger partial charge in [-0.2, -0.15) is 0 Å². The lowest BCUT2D eigenvalue weighted by Crippen LogP contribution is -2.37. The Morgan fingerprint density at radius 3 is 2.67 bits per heavy atom. The van der Waals surface area contributed by atoms with Gasteiger partial charge in [0.2, 0.25) is 17.7 Å². The molecule has 2 aromatic rings. The molecule has 2 aliphatic heterocycles. The molecule has 30 heavy (non-hydrogen) atoms. The Balaban J connectivity index is 1.44. The van der Waals surface area contributed by atoms with E-state index >= 15 is 0 Å². The Morgan fingerprint density at radius 2 is 1.87 bits per heavy atom. The lowest BCUT2D eigenvalue weighted by molar-refractivity contribution is -0.132. The average Bonchev–Trinajstić information content (AvgIpc) is 3.11. The zero-order chi connectivity index (χ0) is 21.4. The Kier molecular flexibility index (Phi) is 5.19. The van der Waals surface area contributed by atoms with Gasteiger partial charge in [-0.25, -0.2) is 13.2 Å². The van der Waals surface area contributed by atoms with Crippen LogP contribution < -0.4 is 15.5 Å². The molecule has 2 heterocycles. The largest absolute Gasteiger partial charge is 0.351 e. The second-order valence-corrected chi connectivity index (χ2v) is 7.26. The third kappa shape index (κ3) is 3.62. The number of halogens is 3. The number of carbonyl (C=O) groups is 3. The SMILES string of the molecule is O=C1CCc2cc(N3CCC(C(=O)NCc4c(F)ccc(F)c4F)C3=O)ccc2N1. The minimum Gasteiger partial charge on any atom is -0.351 e. The maximum atomic E-state index is 13.7. The van der Waals surface area contributed by atoms with E-state index in [0.29, 0.717) is 36.8 Å². The monoisotopic (exact) mass is 417 g/mol. The van der Waals surface area contributed by atoms with Gasteiger partial charge < -0.3 is 15.5 Å². The van der Waals surface area contributed by atoms with Gasteiger partial charge in [-0.1, -0.05) is 0 Å². The van der Waals surface area contributed by atoms with Gasteiger partial charge in [-0.05, 0) is 48.7 Å². The second-order valence-electron chi connectivity index (χ2n) is 7.26. The summed E-state index contributed by atoms with van der Waals surface area (Å²) in [6.07, 6.45) is 1.17. The summed E-state index contributed by atoms with van der Waals surface area (Å²) in [6.45, 7) is -0.249. The van der Waals surface area contributed by atoms with Gasteiger partial charge >= 0.3 is 0 Å². The van der Waals surface area contributed by atoms with Crippen LogP contribution in [0.3, 0.4) is 0 Å². The molecule has 0 radical (unpaired) electrons. The summed E-state index contributed by atoms with van der Waals surface area (Å²) in [5, 5.41) is 5.09. The molecule has 0 spiro atoms. The fraction of sp³-hybridized carbons (Fsp3) is 0.286. The van der Waals surface area contributed by atoms with Crippen LogP contribution in [-0.2, 0) is 27.3 Å². The van der Waals surface area contributed by atoms with Crippen LogP contribution in [0.2, 0.25) is 0 Å². The Bertz CT molecular complexity index is 1060. The highest BCUT2D eigenvalue weighted by atomic mass is 19.2. The van der Waals surface area contributed by atoms with Crippen molar-refractivity contribution >= 4 is 29.1 Å². The number of aryl methyl sites for hydroxylation is 1. The van der Waals surface area contributed by atoms with Crippen LogP contribution in [0, 0.1) is 23.4 Å². The first kappa shape index (κ1) is 19.9. The molecule has 0 aliphatic carbocycles. The molecule has 3 amide bonds. The molecule has 1 unspecified atom stereocenters. The summed E-state index contributed by atoms with van der Waals surface area (Å²) in [6, 6.07) is 6.67. The van der Waals surface area contributed by atoms with Gasteiger partial charge in [-0.3, -0.25) is 14.4 Å². The molecule has 2 aromatic carbocycles. The van der Waals surface area contributed by atoms with Crippen molar-refractivity contribution in [3.05, 3.63) is 58.9 Å². The van der Waals surface area contributed by atoms with E-state index in [9.17, 15) is 27.6 Å². The van der Waals surface area contributed by atoms with Crippen molar-refractivity contribution in [3.63, 3.8) is 0 Å². The number of hydrogen-bond acceptors (Lipinski definition) is 3. The van der Waals surface area contributed by atoms with Gasteiger partial charge in [0.15, 0.2) is 11.6 Å². The van der Waals surface area contributed by atoms with E-state index < -0.39 is 47.3 Å². The minimum atomic E-state index is -1.36. The fourth-order valence-corrected chi connectivity index (χ4v) is 3.75. The van der Waals surface area contributed by atoms with Crippen molar-refractivity contribution < 1.29 is 27.6 Å². The van der Waals surface area contributed by atoms with Gasteiger partial charge in [-0.15, -0.1) is 0 Å². The Hall–Kier alpha value is -3.36. The molecule has 156 valence electrons. The van der Waals surface area contributed by atoms with Crippen molar-refractivity contribution in [1.82, 2.24) is 5.32 Å². The van der Waals surface area contributed by atoms with Crippen LogP contribution in [0.5, 0.6) is 0 Å². The average molecular weight is 417 g/mol. The topological polar surface area (TPSA) is 78.5 Å². The minimum absolute atomic E-state index is 0.0598. The Labute approximate surface area is 170 Å². The first-order chi connectivity index (χ1) is 14.3. The normalized spacial score (nSPS) is 18.2. The number of hydrogen-bond donors (Lipinski definition) is 2. The second kappa shape index (κ2) is 7.81. The van der Waals surface area contributed by atoms with Gasteiger partial charge in [0, 0.05) is 36.4 Å². The number of nitrogens with one attached hydrogen (secondary N) is 2. The molecule has 1 saturated heterocycles. The van der Waals surface area contributed by atoms with E-state index in [1.54, 1.807) is 12.1 Å². The van der Waals surface area contributed by atoms with E-state index in [-0.39, 0.29) is 12.3 Å². The van der Waals surface area contributed by atoms with Crippen LogP contribution in [0.25, 0.3) is 0 Å². The molecular weight excluding hydrogens is 399 g/mol. The standard InChI is InChI=1S/C21H18F3N3O3/c22-15-3-4-16(23)19(24)14(15)10-25-20(29)13-7-8-27(21(13)30)12-2-5-17-11(9-12)1-6-18(28)26-17/h2-5,9,13H,1,6-8,10H2,(H,25,29)(H,26,28). The number of fused-ring (bicyclic) bond motifs is 1. The molecule has 0 aromatic heterocycles. The van der Waals surface area contributed by atoms with Crippen LogP contribution in [0.4, 0.5) is 24.5 Å². The quantitative estimate of drug-likeness (QED) is 0.593. The number of rotatable bonds is 4. The summed E-state index contributed by atoms with van der Waals surface area (Å²) in [5.41, 5.74) is 1.63. The van der Waals surface area contributed by atoms with Crippen molar-refractivity contribution in [2.24, 2.45) is 5.92 Å². The highest BCUT2D eigenvalue weighted by Gasteiger charge is 2.38. The number of nitrogens with zero attached hydrogens (tertiary/aromatic N) is 1. The molecule has 6 nitrogen and oxygen atoms in total. The van der Waals surface area contributed by atoms with Crippen LogP contribution in [0.1, 0.15) is 24.0 Å². The van der Waals surface area contributed by atoms with Crippen molar-refractivity contribution in [1.29, 1.82) is 0 Å². The van der Waals surface area contributed by atoms with E-state index in [1.807, 2.05) is 6.07 Å². The molecular formula is C21H18F3N3O3. The molecule has 0 bridgehead atoms. The van der Waals surface area contributed by atoms with Gasteiger partial charge in [0.05, 0.1) is 0 Å². The first-order valence-electron chi connectivity index (χ1n) is 9.49. The summed E-state index contributed by atoms with van der Waals surface area (Å²) in [5.74, 6) is -5.71. The third-order valence-electron chi connectivity index (χ3n) is 5.40. The van der Waals surface area contributed by atoms with E-state index in [4.69, 9.17) is 0 Å². The van der Waals surface area contributed by atoms with Crippen molar-refractivity contribution in [2.75, 3.05) is 16.8 Å². The number of benzene rings is 2. The smallest absolute Gasteiger partial charge is 0.239 e. The zero-order valence-corrected chi connectivity index (χ0v) is 15.8. The molecule has 9 heteroatoms. The first-order valence-corrected chi connectivity index (χ1v) is 9.49. The third-order valence-corrected chi connectivity index (χ3v) is 5.40. The molecule has 0 saturated carbocycles. The van der Waals surface area contributed by atoms with Crippen molar-refractivity contribution in [2.45, 2.75) is 25.8 Å². The summed E-state index contributed by atoms with van der Waals surface area (Å²) in [7, 11) is 0. The summed E-state index contributed by atoms with van der Waals surface area (Å²) < 4.78 is 40.8. The molecule has 4 rings (SSSR count). The van der Waals surface area contributed by atoms with Gasteiger partial charge in [0.1, 0.15) is 11.7 Å². The predicted octanol–water partition coefficient (Wildman–Crippen LogP) is 2.66. The lowest BCUT2D eigenvalue weighted by Gasteiger charge is -2.22. The highest BCUT2D eigenvalue weighted by Crippen LogP contribution is 2.31. The maximum Gasteiger partial charge on any atom is 0.239 e. The summed E-state index contributed by atoms with van der Waals surface area (Å²) in [4.78, 5) is 38.1. The van der Waals surface area contributed by atoms with Crippen LogP contribution in [-0.4, -0.2) is 24.3 Å².